The molecule has 1 fully saturated rings. The number of imide groups is 2. The van der Waals surface area contributed by atoms with Gasteiger partial charge in [-0.05, 0) is 88.1 Å². The average molecular weight is 635 g/mol. The highest BCUT2D eigenvalue weighted by Gasteiger charge is 2.37. The van der Waals surface area contributed by atoms with E-state index in [0.29, 0.717) is 32.2 Å². The summed E-state index contributed by atoms with van der Waals surface area (Å²) < 4.78 is 12.8. The van der Waals surface area contributed by atoms with Gasteiger partial charge in [0.05, 0.1) is 17.3 Å². The third-order valence-corrected chi connectivity index (χ3v) is 7.05. The summed E-state index contributed by atoms with van der Waals surface area (Å²) in [5, 5.41) is 2.83. The van der Waals surface area contributed by atoms with Crippen molar-refractivity contribution >= 4 is 73.1 Å². The number of carbonyl (C=O) groups is 3. The third-order valence-electron chi connectivity index (χ3n) is 5.34. The number of amides is 4. The predicted octanol–water partition coefficient (Wildman–Crippen LogP) is 6.43. The highest BCUT2D eigenvalue weighted by molar-refractivity contribution is 9.10. The Bertz CT molecular complexity index is 1420. The number of carbonyl (C=O) groups excluding carboxylic acids is 3. The number of rotatable bonds is 6. The molecular formula is C26H19Br2ClN2O5. The number of aryl methyl sites for hydroxylation is 1. The first-order valence-electron chi connectivity index (χ1n) is 10.6. The van der Waals surface area contributed by atoms with E-state index in [2.05, 4.69) is 37.2 Å². The van der Waals surface area contributed by atoms with Crippen LogP contribution in [0.5, 0.6) is 11.5 Å². The van der Waals surface area contributed by atoms with Crippen LogP contribution >= 0.6 is 43.5 Å². The molecule has 36 heavy (non-hydrogen) atoms. The second-order valence-corrected chi connectivity index (χ2v) is 9.99. The molecule has 0 atom stereocenters. The van der Waals surface area contributed by atoms with Crippen LogP contribution in [-0.4, -0.2) is 25.0 Å². The van der Waals surface area contributed by atoms with Crippen LogP contribution in [0.3, 0.4) is 0 Å². The van der Waals surface area contributed by atoms with Crippen molar-refractivity contribution in [2.75, 3.05) is 12.0 Å². The van der Waals surface area contributed by atoms with Gasteiger partial charge in [0, 0.05) is 9.50 Å². The molecule has 1 saturated heterocycles. The van der Waals surface area contributed by atoms with Crippen LogP contribution in [-0.2, 0) is 16.2 Å². The lowest BCUT2D eigenvalue weighted by atomic mass is 10.1. The molecule has 0 bridgehead atoms. The number of hydrogen-bond acceptors (Lipinski definition) is 5. The molecule has 1 heterocycles. The number of ether oxygens (including phenoxy) is 2. The van der Waals surface area contributed by atoms with Crippen LogP contribution in [0.25, 0.3) is 6.08 Å². The highest BCUT2D eigenvalue weighted by Crippen LogP contribution is 2.38. The van der Waals surface area contributed by atoms with Gasteiger partial charge in [0.1, 0.15) is 12.2 Å². The second-order valence-electron chi connectivity index (χ2n) is 7.84. The van der Waals surface area contributed by atoms with Crippen LogP contribution < -0.4 is 19.7 Å². The number of hydrogen-bond donors (Lipinski definition) is 1. The zero-order chi connectivity index (χ0) is 26.0. The van der Waals surface area contributed by atoms with Crippen LogP contribution in [0.1, 0.15) is 16.7 Å². The molecule has 1 N–H and O–H groups in total. The molecule has 10 heteroatoms. The first-order chi connectivity index (χ1) is 17.2. The molecular weight excluding hydrogens is 616 g/mol. The van der Waals surface area contributed by atoms with Gasteiger partial charge in [-0.1, -0.05) is 39.7 Å². The Balaban J connectivity index is 1.65. The monoisotopic (exact) mass is 632 g/mol. The minimum atomic E-state index is -0.813. The zero-order valence-corrected chi connectivity index (χ0v) is 23.0. The molecule has 4 rings (SSSR count). The second kappa shape index (κ2) is 10.9. The van der Waals surface area contributed by atoms with E-state index in [-0.39, 0.29) is 12.2 Å². The van der Waals surface area contributed by atoms with Crippen LogP contribution in [0.15, 0.2) is 69.1 Å². The molecule has 184 valence electrons. The van der Waals surface area contributed by atoms with Gasteiger partial charge in [-0.2, -0.15) is 0 Å². The summed E-state index contributed by atoms with van der Waals surface area (Å²) in [6.07, 6.45) is 1.40. The van der Waals surface area contributed by atoms with Crippen molar-refractivity contribution in [3.63, 3.8) is 0 Å². The molecule has 1 aliphatic heterocycles. The molecule has 3 aromatic carbocycles. The summed E-state index contributed by atoms with van der Waals surface area (Å²) >= 11 is 12.9. The Kier molecular flexibility index (Phi) is 7.82. The number of halogens is 3. The first-order valence-corrected chi connectivity index (χ1v) is 12.6. The molecule has 0 radical (unpaired) electrons. The lowest BCUT2D eigenvalue weighted by molar-refractivity contribution is -0.122. The van der Waals surface area contributed by atoms with E-state index < -0.39 is 17.8 Å². The van der Waals surface area contributed by atoms with Crippen molar-refractivity contribution in [2.45, 2.75) is 13.5 Å². The van der Waals surface area contributed by atoms with Crippen LogP contribution in [0, 0.1) is 6.92 Å². The maximum atomic E-state index is 13.2. The number of nitrogens with one attached hydrogen (secondary N) is 1. The molecule has 0 saturated carbocycles. The fourth-order valence-electron chi connectivity index (χ4n) is 3.57. The third kappa shape index (κ3) is 5.48. The largest absolute Gasteiger partial charge is 0.493 e. The fraction of sp³-hybridized carbons (Fsp3) is 0.115. The molecule has 0 spiro atoms. The van der Waals surface area contributed by atoms with E-state index in [9.17, 15) is 14.4 Å². The van der Waals surface area contributed by atoms with Gasteiger partial charge < -0.3 is 9.47 Å². The normalized spacial score (nSPS) is 14.8. The number of methoxy groups -OCH3 is 1. The van der Waals surface area contributed by atoms with Crippen molar-refractivity contribution in [1.82, 2.24) is 5.32 Å². The lowest BCUT2D eigenvalue weighted by Gasteiger charge is -2.26. The van der Waals surface area contributed by atoms with Crippen molar-refractivity contribution in [3.8, 4) is 11.5 Å². The maximum absolute atomic E-state index is 13.2. The number of urea groups is 1. The molecule has 4 amide bonds. The number of barbiturate groups is 1. The topological polar surface area (TPSA) is 84.9 Å². The van der Waals surface area contributed by atoms with Crippen LogP contribution in [0.4, 0.5) is 10.5 Å². The smallest absolute Gasteiger partial charge is 0.335 e. The van der Waals surface area contributed by atoms with Gasteiger partial charge in [-0.3, -0.25) is 14.9 Å². The van der Waals surface area contributed by atoms with Gasteiger partial charge in [0.15, 0.2) is 11.5 Å². The predicted molar refractivity (Wildman–Crippen MR) is 144 cm³/mol. The van der Waals surface area contributed by atoms with E-state index in [1.54, 1.807) is 42.5 Å². The molecule has 7 nitrogen and oxygen atoms in total. The summed E-state index contributed by atoms with van der Waals surface area (Å²) in [6.45, 7) is 2.09. The molecule has 0 aliphatic carbocycles. The van der Waals surface area contributed by atoms with Crippen molar-refractivity contribution in [3.05, 3.63) is 90.8 Å². The standard InChI is InChI=1S/C26H19Br2ClN2O5/c1-14-8-18(6-7-20(14)27)31-25(33)19(24(32)30-26(31)34)10-16-11-21(28)23(22(12-16)35-2)36-13-15-4-3-5-17(29)9-15/h3-12H,13H2,1-2H3,(H,30,32,34)/b19-10-. The summed E-state index contributed by atoms with van der Waals surface area (Å²) in [6, 6.07) is 14.8. The SMILES string of the molecule is COc1cc(/C=C2/C(=O)NC(=O)N(c3ccc(Br)c(C)c3)C2=O)cc(Br)c1OCc1cccc(Cl)c1. The van der Waals surface area contributed by atoms with Gasteiger partial charge in [0.2, 0.25) is 0 Å². The van der Waals surface area contributed by atoms with Gasteiger partial charge in [-0.15, -0.1) is 0 Å². The van der Waals surface area contributed by atoms with E-state index >= 15 is 0 Å². The van der Waals surface area contributed by atoms with Crippen molar-refractivity contribution in [2.24, 2.45) is 0 Å². The Labute approximate surface area is 229 Å². The first kappa shape index (κ1) is 25.9. The van der Waals surface area contributed by atoms with E-state index in [0.717, 1.165) is 20.5 Å². The number of benzene rings is 3. The Morgan fingerprint density at radius 3 is 2.50 bits per heavy atom. The number of anilines is 1. The summed E-state index contributed by atoms with van der Waals surface area (Å²) in [5.74, 6) is -0.687. The minimum absolute atomic E-state index is 0.197. The highest BCUT2D eigenvalue weighted by atomic mass is 79.9. The Morgan fingerprint density at radius 2 is 1.81 bits per heavy atom. The molecule has 0 aromatic heterocycles. The Hall–Kier alpha value is -3.14. The van der Waals surface area contributed by atoms with Crippen molar-refractivity contribution in [1.29, 1.82) is 0 Å². The van der Waals surface area contributed by atoms with Gasteiger partial charge >= 0.3 is 6.03 Å². The molecule has 0 unspecified atom stereocenters. The number of nitrogens with zero attached hydrogens (tertiary/aromatic N) is 1. The van der Waals surface area contributed by atoms with Gasteiger partial charge in [-0.25, -0.2) is 9.69 Å². The Morgan fingerprint density at radius 1 is 1.03 bits per heavy atom. The van der Waals surface area contributed by atoms with E-state index in [1.807, 2.05) is 19.1 Å². The van der Waals surface area contributed by atoms with Crippen molar-refractivity contribution < 1.29 is 23.9 Å². The summed E-state index contributed by atoms with van der Waals surface area (Å²) in [4.78, 5) is 39.2. The van der Waals surface area contributed by atoms with Gasteiger partial charge in [0.25, 0.3) is 11.8 Å². The fourth-order valence-corrected chi connectivity index (χ4v) is 4.61. The van der Waals surface area contributed by atoms with E-state index in [1.165, 1.54) is 13.2 Å². The minimum Gasteiger partial charge on any atom is -0.493 e. The maximum Gasteiger partial charge on any atom is 0.335 e. The summed E-state index contributed by atoms with van der Waals surface area (Å²) in [5.41, 5.74) is 2.35. The van der Waals surface area contributed by atoms with Crippen LogP contribution in [0.2, 0.25) is 5.02 Å². The molecule has 3 aromatic rings. The summed E-state index contributed by atoms with van der Waals surface area (Å²) in [7, 11) is 1.49. The quantitative estimate of drug-likeness (QED) is 0.250. The van der Waals surface area contributed by atoms with E-state index in [4.69, 9.17) is 21.1 Å². The average Bonchev–Trinajstić information content (AvgIpc) is 2.83. The lowest BCUT2D eigenvalue weighted by Crippen LogP contribution is -2.54. The zero-order valence-electron chi connectivity index (χ0n) is 19.1. The molecule has 1 aliphatic rings.